The van der Waals surface area contributed by atoms with E-state index in [4.69, 9.17) is 6.48 Å². The molecule has 1 atom stereocenters. The van der Waals surface area contributed by atoms with E-state index in [9.17, 15) is 4.79 Å². The number of rotatable bonds is 11. The molecular weight excluding hydrogens is 188 g/mol. The van der Waals surface area contributed by atoms with Crippen molar-refractivity contribution in [2.45, 2.75) is 77.5 Å². The number of unbranched alkanes of at least 4 members (excludes halogenated alkanes) is 8. The van der Waals surface area contributed by atoms with E-state index in [1.165, 1.54) is 44.9 Å². The molecule has 0 radical (unpaired) electrons. The van der Waals surface area contributed by atoms with E-state index in [2.05, 4.69) is 6.92 Å². The molecule has 1 unspecified atom stereocenters. The number of hydrogen-bond acceptors (Lipinski definition) is 1. The summed E-state index contributed by atoms with van der Waals surface area (Å²) in [5.41, 5.74) is 0. The molecule has 15 heavy (non-hydrogen) atoms. The smallest absolute Gasteiger partial charge is 0.303 e. The summed E-state index contributed by atoms with van der Waals surface area (Å²) >= 11 is 0. The van der Waals surface area contributed by atoms with E-state index >= 15 is 0 Å². The van der Waals surface area contributed by atoms with Gasteiger partial charge in [-0.2, -0.15) is 0 Å². The maximum Gasteiger partial charge on any atom is 0.303 e. The summed E-state index contributed by atoms with van der Waals surface area (Å²) in [6, 6.07) is 0. The molecule has 0 fully saturated rings. The van der Waals surface area contributed by atoms with Gasteiger partial charge in [0.15, 0.2) is 0 Å². The van der Waals surface area contributed by atoms with Gasteiger partial charge in [-0.1, -0.05) is 64.7 Å². The first-order valence-corrected chi connectivity index (χ1v) is 6.33. The van der Waals surface area contributed by atoms with Crippen LogP contribution in [0.15, 0.2) is 0 Å². The lowest BCUT2D eigenvalue weighted by Gasteiger charge is -2.01. The summed E-state index contributed by atoms with van der Waals surface area (Å²) in [7, 11) is 0. The molecule has 0 heterocycles. The Balaban J connectivity index is 3.07. The second kappa shape index (κ2) is 11.5. The van der Waals surface area contributed by atoms with Gasteiger partial charge in [0.1, 0.15) is 0 Å². The Hall–Kier alpha value is -0.530. The molecular formula is C13H26O2. The van der Waals surface area contributed by atoms with Crippen LogP contribution in [0.1, 0.15) is 78.9 Å². The summed E-state index contributed by atoms with van der Waals surface area (Å²) in [4.78, 5) is 10.4. The third kappa shape index (κ3) is 13.5. The van der Waals surface area contributed by atoms with Gasteiger partial charge in [-0.15, -0.1) is 0 Å². The van der Waals surface area contributed by atoms with Crippen molar-refractivity contribution in [3.63, 3.8) is 0 Å². The Kier molecular flexibility index (Phi) is 9.65. The van der Waals surface area contributed by atoms with Gasteiger partial charge in [-0.25, -0.2) is 0 Å². The maximum absolute atomic E-state index is 10.4. The minimum Gasteiger partial charge on any atom is -0.481 e. The van der Waals surface area contributed by atoms with Crippen LogP contribution in [0.25, 0.3) is 0 Å². The van der Waals surface area contributed by atoms with Crippen molar-refractivity contribution in [1.82, 2.24) is 0 Å². The number of carboxylic acid groups (broad SMARTS) is 1. The summed E-state index contributed by atoms with van der Waals surface area (Å²) in [5.74, 6) is -0.987. The molecule has 0 aliphatic carbocycles. The highest BCUT2D eigenvalue weighted by Gasteiger charge is 1.96. The molecule has 2 heteroatoms. The van der Waals surface area contributed by atoms with Crippen LogP contribution >= 0.6 is 0 Å². The fourth-order valence-electron chi connectivity index (χ4n) is 1.68. The highest BCUT2D eigenvalue weighted by molar-refractivity contribution is 5.66. The lowest BCUT2D eigenvalue weighted by Crippen LogP contribution is -1.93. The molecule has 0 amide bonds. The van der Waals surface area contributed by atoms with E-state index < -0.39 is 12.4 Å². The zero-order valence-electron chi connectivity index (χ0n) is 11.0. The number of carboxylic acids is 1. The third-order valence-corrected chi connectivity index (χ3v) is 2.63. The molecule has 0 aliphatic rings. The maximum atomic E-state index is 10.4. The van der Waals surface area contributed by atoms with E-state index in [0.717, 1.165) is 12.8 Å². The molecule has 2 nitrogen and oxygen atoms in total. The first-order chi connectivity index (χ1) is 7.68. The minimum atomic E-state index is -0.987. The molecule has 0 aromatic carbocycles. The quantitative estimate of drug-likeness (QED) is 0.519. The lowest BCUT2D eigenvalue weighted by atomic mass is 10.1. The largest absolute Gasteiger partial charge is 0.481 e. The van der Waals surface area contributed by atoms with Gasteiger partial charge >= 0.3 is 5.97 Å². The van der Waals surface area contributed by atoms with Crippen LogP contribution < -0.4 is 0 Å². The molecule has 0 saturated heterocycles. The summed E-state index contributed by atoms with van der Waals surface area (Å²) in [6.07, 6.45) is 10.6. The van der Waals surface area contributed by atoms with E-state index in [-0.39, 0.29) is 0 Å². The monoisotopic (exact) mass is 215 g/mol. The molecule has 0 bridgehead atoms. The number of carbonyl (C=O) groups is 1. The van der Waals surface area contributed by atoms with Gasteiger partial charge in [0.05, 0.1) is 0 Å². The average Bonchev–Trinajstić information content (AvgIpc) is 2.26. The molecule has 1 N–H and O–H groups in total. The summed E-state index contributed by atoms with van der Waals surface area (Å²) < 4.78 is 7.22. The van der Waals surface area contributed by atoms with Crippen molar-refractivity contribution in [3.05, 3.63) is 0 Å². The average molecular weight is 215 g/mol. The Bertz CT molecular complexity index is 171. The van der Waals surface area contributed by atoms with Crippen molar-refractivity contribution >= 4 is 5.97 Å². The van der Waals surface area contributed by atoms with Gasteiger partial charge in [0.2, 0.25) is 0 Å². The van der Waals surface area contributed by atoms with Crippen LogP contribution in [-0.4, -0.2) is 11.1 Å². The van der Waals surface area contributed by atoms with Crippen molar-refractivity contribution in [2.24, 2.45) is 0 Å². The van der Waals surface area contributed by atoms with Crippen molar-refractivity contribution in [3.8, 4) is 0 Å². The highest BCUT2D eigenvalue weighted by atomic mass is 16.4. The predicted octanol–water partition coefficient (Wildman–Crippen LogP) is 4.38. The molecule has 0 spiro atoms. The molecule has 90 valence electrons. The van der Waals surface area contributed by atoms with Crippen LogP contribution in [-0.2, 0) is 4.79 Å². The molecule has 0 saturated carbocycles. The van der Waals surface area contributed by atoms with Gasteiger partial charge in [0.25, 0.3) is 0 Å². The topological polar surface area (TPSA) is 37.3 Å². The predicted molar refractivity (Wildman–Crippen MR) is 64.1 cm³/mol. The zero-order chi connectivity index (χ0) is 12.2. The summed E-state index contributed by atoms with van der Waals surface area (Å²) in [6.45, 7) is 2.22. The molecule has 0 rings (SSSR count). The zero-order valence-corrected chi connectivity index (χ0v) is 10.0. The SMILES string of the molecule is [2H]C(CCCCCCCCCCC)C(=O)O. The first-order valence-electron chi connectivity index (χ1n) is 6.91. The second-order valence-electron chi connectivity index (χ2n) is 4.16. The van der Waals surface area contributed by atoms with Crippen LogP contribution in [0.2, 0.25) is 0 Å². The molecule has 0 aromatic heterocycles. The minimum absolute atomic E-state index is 0.505. The van der Waals surface area contributed by atoms with Crippen LogP contribution in [0.5, 0.6) is 0 Å². The van der Waals surface area contributed by atoms with E-state index in [1.807, 2.05) is 0 Å². The van der Waals surface area contributed by atoms with Crippen LogP contribution in [0.4, 0.5) is 0 Å². The summed E-state index contributed by atoms with van der Waals surface area (Å²) in [5, 5.41) is 8.52. The molecule has 0 aliphatic heterocycles. The van der Waals surface area contributed by atoms with Gasteiger partial charge < -0.3 is 5.11 Å². The normalized spacial score (nSPS) is 13.5. The van der Waals surface area contributed by atoms with E-state index in [0.29, 0.717) is 6.42 Å². The lowest BCUT2D eigenvalue weighted by molar-refractivity contribution is -0.137. The number of aliphatic carboxylic acids is 1. The van der Waals surface area contributed by atoms with Crippen molar-refractivity contribution in [1.29, 1.82) is 0 Å². The fourth-order valence-corrected chi connectivity index (χ4v) is 1.68. The van der Waals surface area contributed by atoms with Crippen LogP contribution in [0, 0.1) is 0 Å². The first kappa shape index (κ1) is 12.5. The third-order valence-electron chi connectivity index (χ3n) is 2.63. The highest BCUT2D eigenvalue weighted by Crippen LogP contribution is 2.10. The van der Waals surface area contributed by atoms with Gasteiger partial charge in [0, 0.05) is 7.77 Å². The van der Waals surface area contributed by atoms with Gasteiger partial charge in [-0.3, -0.25) is 4.79 Å². The Labute approximate surface area is 95.5 Å². The van der Waals surface area contributed by atoms with Crippen LogP contribution in [0.3, 0.4) is 0 Å². The number of hydrogen-bond donors (Lipinski definition) is 1. The Morgan fingerprint density at radius 2 is 1.33 bits per heavy atom. The van der Waals surface area contributed by atoms with Crippen molar-refractivity contribution in [2.75, 3.05) is 0 Å². The second-order valence-corrected chi connectivity index (χ2v) is 4.16. The fraction of sp³-hybridized carbons (Fsp3) is 0.923. The Morgan fingerprint density at radius 3 is 1.73 bits per heavy atom. The van der Waals surface area contributed by atoms with Gasteiger partial charge in [-0.05, 0) is 6.42 Å². The Morgan fingerprint density at radius 1 is 0.933 bits per heavy atom. The van der Waals surface area contributed by atoms with Crippen molar-refractivity contribution < 1.29 is 11.3 Å². The van der Waals surface area contributed by atoms with E-state index in [1.54, 1.807) is 0 Å². The molecule has 0 aromatic rings. The standard InChI is InChI=1S/C13H26O2/c1-2-3-4-5-6-7-8-9-10-11-12-13(14)15/h2-12H2,1H3,(H,14,15)/i12D.